The summed E-state index contributed by atoms with van der Waals surface area (Å²) in [7, 11) is 0. The number of nitrogens with zero attached hydrogens (tertiary/aromatic N) is 4. The maximum Gasteiger partial charge on any atom is 0.240 e. The fourth-order valence-corrected chi connectivity index (χ4v) is 6.37. The highest BCUT2D eigenvalue weighted by Crippen LogP contribution is 2.25. The first-order chi connectivity index (χ1) is 20.2. The number of fused-ring (bicyclic) bond motifs is 1. The zero-order chi connectivity index (χ0) is 29.8. The van der Waals surface area contributed by atoms with Gasteiger partial charge in [0.1, 0.15) is 5.82 Å². The first-order valence-electron chi connectivity index (χ1n) is 14.4. The number of halogens is 2. The van der Waals surface area contributed by atoms with Gasteiger partial charge in [-0.15, -0.1) is 0 Å². The number of piperazine rings is 1. The van der Waals surface area contributed by atoms with E-state index >= 15 is 0 Å². The number of imidazole rings is 1. The first kappa shape index (κ1) is 30.1. The van der Waals surface area contributed by atoms with Gasteiger partial charge in [0, 0.05) is 54.2 Å². The van der Waals surface area contributed by atoms with Crippen LogP contribution in [0.5, 0.6) is 0 Å². The lowest BCUT2D eigenvalue weighted by molar-refractivity contribution is -0.147. The predicted molar refractivity (Wildman–Crippen MR) is 169 cm³/mol. The Morgan fingerprint density at radius 2 is 1.81 bits per heavy atom. The van der Waals surface area contributed by atoms with E-state index in [0.29, 0.717) is 36.0 Å². The number of aryl methyl sites for hydroxylation is 2. The average molecular weight is 607 g/mol. The average Bonchev–Trinajstić information content (AvgIpc) is 3.38. The highest BCUT2D eigenvalue weighted by molar-refractivity contribution is 6.35. The number of aromatic nitrogens is 2. The molecule has 0 unspecified atom stereocenters. The minimum atomic E-state index is -0.755. The van der Waals surface area contributed by atoms with Crippen molar-refractivity contribution in [3.63, 3.8) is 0 Å². The lowest BCUT2D eigenvalue weighted by Crippen LogP contribution is -2.63. The molecule has 0 aliphatic carbocycles. The molecule has 0 spiro atoms. The molecule has 0 bridgehead atoms. The summed E-state index contributed by atoms with van der Waals surface area (Å²) < 4.78 is 2.11. The maximum absolute atomic E-state index is 13.8. The van der Waals surface area contributed by atoms with Crippen LogP contribution in [0, 0.1) is 6.92 Å². The van der Waals surface area contributed by atoms with Gasteiger partial charge in [-0.05, 0) is 67.1 Å². The van der Waals surface area contributed by atoms with Crippen molar-refractivity contribution in [3.8, 4) is 0 Å². The number of carbonyl (C=O) groups is 2. The normalized spacial score (nSPS) is 17.9. The van der Waals surface area contributed by atoms with Crippen LogP contribution in [0.25, 0.3) is 10.8 Å². The summed E-state index contributed by atoms with van der Waals surface area (Å²) in [4.78, 5) is 35.6. The monoisotopic (exact) mass is 605 g/mol. The molecule has 0 saturated carbocycles. The Kier molecular flexibility index (Phi) is 9.51. The van der Waals surface area contributed by atoms with E-state index in [9.17, 15) is 9.59 Å². The minimum absolute atomic E-state index is 0.0672. The van der Waals surface area contributed by atoms with Crippen molar-refractivity contribution in [3.05, 3.63) is 100 Å². The number of rotatable bonds is 9. The largest absolute Gasteiger partial charge is 0.336 e. The summed E-state index contributed by atoms with van der Waals surface area (Å²) in [6.45, 7) is 5.67. The molecule has 220 valence electrons. The first-order valence-corrected chi connectivity index (χ1v) is 15.2. The minimum Gasteiger partial charge on any atom is -0.336 e. The Balaban J connectivity index is 1.31. The van der Waals surface area contributed by atoms with Gasteiger partial charge in [0.15, 0.2) is 0 Å². The Hall–Kier alpha value is -3.39. The topological polar surface area (TPSA) is 84.5 Å². The van der Waals surface area contributed by atoms with Crippen molar-refractivity contribution < 1.29 is 9.59 Å². The van der Waals surface area contributed by atoms with Crippen molar-refractivity contribution in [1.82, 2.24) is 19.4 Å². The molecule has 3 aromatic carbocycles. The molecule has 5 rings (SSSR count). The molecule has 1 aliphatic rings. The molecular formula is C33H37Cl2N5O2. The van der Waals surface area contributed by atoms with E-state index in [0.717, 1.165) is 47.1 Å². The number of hydrogen-bond acceptors (Lipinski definition) is 4. The van der Waals surface area contributed by atoms with Gasteiger partial charge >= 0.3 is 0 Å². The number of amides is 2. The number of carbonyl (C=O) groups excluding carboxylic acids is 2. The summed E-state index contributed by atoms with van der Waals surface area (Å²) in [6.07, 6.45) is 5.97. The van der Waals surface area contributed by atoms with Crippen LogP contribution in [0.1, 0.15) is 36.7 Å². The van der Waals surface area contributed by atoms with Gasteiger partial charge in [-0.3, -0.25) is 9.59 Å². The van der Waals surface area contributed by atoms with Crippen molar-refractivity contribution in [1.29, 1.82) is 0 Å². The van der Waals surface area contributed by atoms with E-state index in [2.05, 4.69) is 33.8 Å². The molecule has 0 radical (unpaired) electrons. The highest BCUT2D eigenvalue weighted by Gasteiger charge is 2.38. The van der Waals surface area contributed by atoms with Crippen molar-refractivity contribution in [2.24, 2.45) is 5.73 Å². The van der Waals surface area contributed by atoms with Crippen LogP contribution >= 0.6 is 23.2 Å². The van der Waals surface area contributed by atoms with Gasteiger partial charge in [0.25, 0.3) is 0 Å². The fraction of sp³-hybridized carbons (Fsp3) is 0.364. The molecule has 1 aliphatic heterocycles. The lowest BCUT2D eigenvalue weighted by atomic mass is 9.98. The molecule has 2 heterocycles. The second-order valence-electron chi connectivity index (χ2n) is 11.3. The van der Waals surface area contributed by atoms with Gasteiger partial charge in [-0.2, -0.15) is 0 Å². The molecule has 4 aromatic rings. The predicted octanol–water partition coefficient (Wildman–Crippen LogP) is 5.67. The molecule has 2 amide bonds. The quantitative estimate of drug-likeness (QED) is 0.266. The molecule has 3 atom stereocenters. The second kappa shape index (κ2) is 13.3. The van der Waals surface area contributed by atoms with Gasteiger partial charge in [-0.25, -0.2) is 4.98 Å². The summed E-state index contributed by atoms with van der Waals surface area (Å²) in [5.41, 5.74) is 8.25. The van der Waals surface area contributed by atoms with E-state index in [1.165, 1.54) is 0 Å². The smallest absolute Gasteiger partial charge is 0.240 e. The van der Waals surface area contributed by atoms with Gasteiger partial charge in [0.2, 0.25) is 11.8 Å². The number of nitrogens with two attached hydrogens (primary N) is 1. The van der Waals surface area contributed by atoms with E-state index in [1.54, 1.807) is 18.3 Å². The zero-order valence-corrected chi connectivity index (χ0v) is 25.6. The number of benzene rings is 3. The summed E-state index contributed by atoms with van der Waals surface area (Å²) >= 11 is 12.4. The van der Waals surface area contributed by atoms with Crippen LogP contribution in [-0.4, -0.2) is 62.4 Å². The van der Waals surface area contributed by atoms with Crippen molar-refractivity contribution in [2.45, 2.75) is 64.2 Å². The maximum atomic E-state index is 13.8. The van der Waals surface area contributed by atoms with E-state index in [4.69, 9.17) is 28.9 Å². The second-order valence-corrected chi connectivity index (χ2v) is 12.1. The SMILES string of the molecule is Cc1nccn1CCC[C@H]1CN(C(=O)Cc2ccc3ccccc3c2)[C@H](C)CN1C(=O)[C@H](N)Cc1ccc(Cl)cc1Cl. The van der Waals surface area contributed by atoms with E-state index < -0.39 is 6.04 Å². The van der Waals surface area contributed by atoms with Crippen molar-refractivity contribution >= 4 is 45.8 Å². The Bertz CT molecular complexity index is 1570. The zero-order valence-electron chi connectivity index (χ0n) is 24.0. The molecule has 1 saturated heterocycles. The highest BCUT2D eigenvalue weighted by atomic mass is 35.5. The summed E-state index contributed by atoms with van der Waals surface area (Å²) in [6, 6.07) is 18.5. The Morgan fingerprint density at radius 1 is 1.02 bits per heavy atom. The Morgan fingerprint density at radius 3 is 2.55 bits per heavy atom. The van der Waals surface area contributed by atoms with Crippen LogP contribution in [0.2, 0.25) is 10.0 Å². The molecule has 2 N–H and O–H groups in total. The molecule has 1 fully saturated rings. The Labute approximate surface area is 257 Å². The standard InChI is InChI=1S/C33H37Cl2N5O2/c1-22-20-40(33(42)31(36)18-27-11-12-28(34)19-30(27)35)29(8-5-14-38-15-13-37-23(38)2)21-39(22)32(41)17-24-9-10-25-6-3-4-7-26(25)16-24/h3-4,6-7,9-13,15-16,19,22,29,31H,5,8,14,17-18,20-21,36H2,1-2H3/t22-,29+,31-/m1/s1. The van der Waals surface area contributed by atoms with Gasteiger partial charge in [-0.1, -0.05) is 71.7 Å². The molecule has 9 heteroatoms. The third-order valence-corrected chi connectivity index (χ3v) is 8.83. The van der Waals surface area contributed by atoms with Crippen LogP contribution in [0.15, 0.2) is 73.1 Å². The van der Waals surface area contributed by atoms with Crippen LogP contribution in [0.4, 0.5) is 0 Å². The van der Waals surface area contributed by atoms with Crippen LogP contribution in [-0.2, 0) is 29.0 Å². The van der Waals surface area contributed by atoms with Crippen LogP contribution in [0.3, 0.4) is 0 Å². The van der Waals surface area contributed by atoms with Gasteiger partial charge in [0.05, 0.1) is 12.5 Å². The fourth-order valence-electron chi connectivity index (χ4n) is 5.89. The lowest BCUT2D eigenvalue weighted by Gasteiger charge is -2.46. The van der Waals surface area contributed by atoms with E-state index in [1.807, 2.05) is 54.1 Å². The van der Waals surface area contributed by atoms with Crippen LogP contribution < -0.4 is 5.73 Å². The van der Waals surface area contributed by atoms with Crippen molar-refractivity contribution in [2.75, 3.05) is 13.1 Å². The third-order valence-electron chi connectivity index (χ3n) is 8.25. The summed E-state index contributed by atoms with van der Waals surface area (Å²) in [5.74, 6) is 0.894. The van der Waals surface area contributed by atoms with Gasteiger partial charge < -0.3 is 20.1 Å². The third kappa shape index (κ3) is 6.97. The molecule has 42 heavy (non-hydrogen) atoms. The molecular weight excluding hydrogens is 569 g/mol. The molecule has 1 aromatic heterocycles. The molecule has 7 nitrogen and oxygen atoms in total. The van der Waals surface area contributed by atoms with E-state index in [-0.39, 0.29) is 23.9 Å². The number of hydrogen-bond donors (Lipinski definition) is 1. The summed E-state index contributed by atoms with van der Waals surface area (Å²) in [5, 5.41) is 3.30.